The minimum absolute atomic E-state index is 0.245. The third-order valence-electron chi connectivity index (χ3n) is 3.05. The van der Waals surface area contributed by atoms with Gasteiger partial charge in [0.25, 0.3) is 0 Å². The molecule has 1 aromatic carbocycles. The first kappa shape index (κ1) is 15.3. The van der Waals surface area contributed by atoms with Crippen molar-refractivity contribution in [2.24, 2.45) is 0 Å². The standard InChI is InChI=1S/C16H17ClN2O2/c1-2-5-13-8-12(16(20)21)9-15(19-13)18-10-11-6-3-4-7-14(11)17/h3-4,6-9H,2,5,10H2,1H3,(H,18,19)(H,20,21). The molecule has 0 saturated heterocycles. The van der Waals surface area contributed by atoms with Crippen LogP contribution in [-0.2, 0) is 13.0 Å². The molecule has 2 N–H and O–H groups in total. The van der Waals surface area contributed by atoms with E-state index in [1.807, 2.05) is 31.2 Å². The Morgan fingerprint density at radius 1 is 1.33 bits per heavy atom. The van der Waals surface area contributed by atoms with Crippen LogP contribution in [0.1, 0.15) is 35.0 Å². The van der Waals surface area contributed by atoms with Crippen molar-refractivity contribution in [1.82, 2.24) is 4.98 Å². The molecule has 2 rings (SSSR count). The summed E-state index contributed by atoms with van der Waals surface area (Å²) in [6.45, 7) is 2.53. The van der Waals surface area contributed by atoms with Gasteiger partial charge in [0.05, 0.1) is 5.56 Å². The van der Waals surface area contributed by atoms with Crippen LogP contribution in [-0.4, -0.2) is 16.1 Å². The summed E-state index contributed by atoms with van der Waals surface area (Å²) >= 11 is 6.10. The van der Waals surface area contributed by atoms with Crippen molar-refractivity contribution in [3.8, 4) is 0 Å². The summed E-state index contributed by atoms with van der Waals surface area (Å²) in [5, 5.41) is 13.0. The first-order chi connectivity index (χ1) is 10.1. The molecule has 0 saturated carbocycles. The number of aryl methyl sites for hydroxylation is 1. The number of hydrogen-bond acceptors (Lipinski definition) is 3. The molecule has 0 spiro atoms. The van der Waals surface area contributed by atoms with Gasteiger partial charge in [-0.15, -0.1) is 0 Å². The molecule has 2 aromatic rings. The van der Waals surface area contributed by atoms with Crippen LogP contribution >= 0.6 is 11.6 Å². The Labute approximate surface area is 128 Å². The van der Waals surface area contributed by atoms with Crippen LogP contribution in [0, 0.1) is 0 Å². The summed E-state index contributed by atoms with van der Waals surface area (Å²) in [6, 6.07) is 10.7. The predicted octanol–water partition coefficient (Wildman–Crippen LogP) is 4.00. The Hall–Kier alpha value is -2.07. The van der Waals surface area contributed by atoms with Gasteiger partial charge in [-0.25, -0.2) is 9.78 Å². The average molecular weight is 305 g/mol. The van der Waals surface area contributed by atoms with Gasteiger partial charge in [0.15, 0.2) is 0 Å². The normalized spacial score (nSPS) is 10.4. The van der Waals surface area contributed by atoms with E-state index in [4.69, 9.17) is 16.7 Å². The number of nitrogens with one attached hydrogen (secondary N) is 1. The third kappa shape index (κ3) is 4.20. The number of nitrogens with zero attached hydrogens (tertiary/aromatic N) is 1. The van der Waals surface area contributed by atoms with Gasteiger partial charge in [-0.3, -0.25) is 0 Å². The molecule has 0 aliphatic rings. The number of pyridine rings is 1. The topological polar surface area (TPSA) is 62.2 Å². The largest absolute Gasteiger partial charge is 0.478 e. The van der Waals surface area contributed by atoms with Crippen molar-refractivity contribution in [2.75, 3.05) is 5.32 Å². The lowest BCUT2D eigenvalue weighted by atomic mass is 10.1. The third-order valence-corrected chi connectivity index (χ3v) is 3.42. The number of rotatable bonds is 6. The van der Waals surface area contributed by atoms with Crippen LogP contribution in [0.4, 0.5) is 5.82 Å². The van der Waals surface area contributed by atoms with Crippen LogP contribution in [0.5, 0.6) is 0 Å². The molecule has 110 valence electrons. The fourth-order valence-corrected chi connectivity index (χ4v) is 2.22. The Balaban J connectivity index is 2.19. The summed E-state index contributed by atoms with van der Waals surface area (Å²) in [7, 11) is 0. The number of aromatic carboxylic acids is 1. The van der Waals surface area contributed by atoms with Crippen LogP contribution in [0.15, 0.2) is 36.4 Å². The maximum absolute atomic E-state index is 11.2. The van der Waals surface area contributed by atoms with Gasteiger partial charge in [-0.05, 0) is 30.2 Å². The smallest absolute Gasteiger partial charge is 0.335 e. The molecule has 1 heterocycles. The minimum atomic E-state index is -0.949. The summed E-state index contributed by atoms with van der Waals surface area (Å²) in [6.07, 6.45) is 1.67. The van der Waals surface area contributed by atoms with Crippen molar-refractivity contribution >= 4 is 23.4 Å². The summed E-state index contributed by atoms with van der Waals surface area (Å²) in [5.41, 5.74) is 1.97. The van der Waals surface area contributed by atoms with Crippen LogP contribution in [0.2, 0.25) is 5.02 Å². The van der Waals surface area contributed by atoms with Gasteiger partial charge in [0.1, 0.15) is 5.82 Å². The lowest BCUT2D eigenvalue weighted by Crippen LogP contribution is -2.07. The van der Waals surface area contributed by atoms with Crippen molar-refractivity contribution in [1.29, 1.82) is 0 Å². The van der Waals surface area contributed by atoms with Crippen LogP contribution < -0.4 is 5.32 Å². The van der Waals surface area contributed by atoms with Crippen molar-refractivity contribution in [3.05, 3.63) is 58.2 Å². The lowest BCUT2D eigenvalue weighted by Gasteiger charge is -2.10. The van der Waals surface area contributed by atoms with Crippen molar-refractivity contribution in [2.45, 2.75) is 26.3 Å². The van der Waals surface area contributed by atoms with Crippen LogP contribution in [0.25, 0.3) is 0 Å². The number of carboxylic acid groups (broad SMARTS) is 1. The van der Waals surface area contributed by atoms with E-state index in [1.54, 1.807) is 12.1 Å². The predicted molar refractivity (Wildman–Crippen MR) is 84.0 cm³/mol. The molecule has 0 atom stereocenters. The molecule has 0 aliphatic heterocycles. The molecular weight excluding hydrogens is 288 g/mol. The van der Waals surface area contributed by atoms with Gasteiger partial charge < -0.3 is 10.4 Å². The van der Waals surface area contributed by atoms with E-state index in [9.17, 15) is 4.79 Å². The van der Waals surface area contributed by atoms with E-state index >= 15 is 0 Å². The first-order valence-corrected chi connectivity index (χ1v) is 7.19. The molecule has 0 bridgehead atoms. The molecule has 0 radical (unpaired) electrons. The van der Waals surface area contributed by atoms with E-state index in [-0.39, 0.29) is 5.56 Å². The highest BCUT2D eigenvalue weighted by molar-refractivity contribution is 6.31. The fraction of sp³-hybridized carbons (Fsp3) is 0.250. The monoisotopic (exact) mass is 304 g/mol. The highest BCUT2D eigenvalue weighted by Gasteiger charge is 2.08. The Bertz CT molecular complexity index is 644. The second kappa shape index (κ2) is 7.09. The van der Waals surface area contributed by atoms with E-state index in [1.165, 1.54) is 0 Å². The minimum Gasteiger partial charge on any atom is -0.478 e. The summed E-state index contributed by atoms with van der Waals surface area (Å²) in [4.78, 5) is 15.6. The Morgan fingerprint density at radius 3 is 2.76 bits per heavy atom. The van der Waals surface area contributed by atoms with Gasteiger partial charge in [-0.1, -0.05) is 43.1 Å². The average Bonchev–Trinajstić information content (AvgIpc) is 2.46. The quantitative estimate of drug-likeness (QED) is 0.847. The number of benzene rings is 1. The maximum Gasteiger partial charge on any atom is 0.335 e. The molecule has 1 aromatic heterocycles. The zero-order valence-electron chi connectivity index (χ0n) is 11.8. The van der Waals surface area contributed by atoms with E-state index in [0.717, 1.165) is 24.1 Å². The summed E-state index contributed by atoms with van der Waals surface area (Å²) < 4.78 is 0. The number of halogens is 1. The fourth-order valence-electron chi connectivity index (χ4n) is 2.01. The second-order valence-corrected chi connectivity index (χ2v) is 5.14. The molecule has 5 heteroatoms. The summed E-state index contributed by atoms with van der Waals surface area (Å²) in [5.74, 6) is -0.395. The van der Waals surface area contributed by atoms with Gasteiger partial charge in [0.2, 0.25) is 0 Å². The van der Waals surface area contributed by atoms with Gasteiger partial charge in [-0.2, -0.15) is 0 Å². The van der Waals surface area contributed by atoms with E-state index in [0.29, 0.717) is 17.4 Å². The molecule has 4 nitrogen and oxygen atoms in total. The van der Waals surface area contributed by atoms with Gasteiger partial charge >= 0.3 is 5.97 Å². The number of anilines is 1. The first-order valence-electron chi connectivity index (χ1n) is 6.81. The zero-order valence-corrected chi connectivity index (χ0v) is 12.5. The second-order valence-electron chi connectivity index (χ2n) is 4.73. The molecule has 0 fully saturated rings. The highest BCUT2D eigenvalue weighted by Crippen LogP contribution is 2.18. The van der Waals surface area contributed by atoms with E-state index < -0.39 is 5.97 Å². The lowest BCUT2D eigenvalue weighted by molar-refractivity contribution is 0.0696. The Morgan fingerprint density at radius 2 is 2.10 bits per heavy atom. The number of aromatic nitrogens is 1. The highest BCUT2D eigenvalue weighted by atomic mass is 35.5. The molecule has 21 heavy (non-hydrogen) atoms. The molecule has 0 amide bonds. The number of carboxylic acids is 1. The van der Waals surface area contributed by atoms with Crippen molar-refractivity contribution < 1.29 is 9.90 Å². The van der Waals surface area contributed by atoms with Gasteiger partial charge in [0, 0.05) is 17.3 Å². The SMILES string of the molecule is CCCc1cc(C(=O)O)cc(NCc2ccccc2Cl)n1. The molecule has 0 aliphatic carbocycles. The van der Waals surface area contributed by atoms with Crippen LogP contribution in [0.3, 0.4) is 0 Å². The number of hydrogen-bond donors (Lipinski definition) is 2. The Kier molecular flexibility index (Phi) is 5.17. The molecule has 0 unspecified atom stereocenters. The maximum atomic E-state index is 11.2. The zero-order chi connectivity index (χ0) is 15.2. The molecular formula is C16H17ClN2O2. The van der Waals surface area contributed by atoms with Crippen molar-refractivity contribution in [3.63, 3.8) is 0 Å². The number of carbonyl (C=O) groups is 1. The van der Waals surface area contributed by atoms with E-state index in [2.05, 4.69) is 10.3 Å².